The van der Waals surface area contributed by atoms with E-state index in [-0.39, 0.29) is 18.3 Å². The summed E-state index contributed by atoms with van der Waals surface area (Å²) in [6.07, 6.45) is 0.645. The van der Waals surface area contributed by atoms with E-state index in [1.165, 1.54) is 12.1 Å². The summed E-state index contributed by atoms with van der Waals surface area (Å²) in [6, 6.07) is 11.4. The monoisotopic (exact) mass is 336 g/mol. The van der Waals surface area contributed by atoms with Crippen molar-refractivity contribution in [1.82, 2.24) is 5.32 Å². The molecule has 0 atom stereocenters. The molecule has 0 heterocycles. The van der Waals surface area contributed by atoms with E-state index in [2.05, 4.69) is 10.6 Å². The number of hydrogen-bond donors (Lipinski definition) is 2. The summed E-state index contributed by atoms with van der Waals surface area (Å²) in [5.74, 6) is 0.208. The molecule has 122 valence electrons. The summed E-state index contributed by atoms with van der Waals surface area (Å²) in [7, 11) is 1.55. The highest BCUT2D eigenvalue weighted by Crippen LogP contribution is 2.27. The summed E-state index contributed by atoms with van der Waals surface area (Å²) in [6.45, 7) is 0.596. The van der Waals surface area contributed by atoms with Gasteiger partial charge in [0.05, 0.1) is 19.3 Å². The Kier molecular flexibility index (Phi) is 6.23. The van der Waals surface area contributed by atoms with Gasteiger partial charge in [-0.3, -0.25) is 4.79 Å². The molecule has 2 aromatic rings. The van der Waals surface area contributed by atoms with Gasteiger partial charge in [-0.15, -0.1) is 0 Å². The highest BCUT2D eigenvalue weighted by atomic mass is 35.5. The van der Waals surface area contributed by atoms with E-state index in [1.807, 2.05) is 0 Å². The number of hydrogen-bond acceptors (Lipinski definition) is 3. The van der Waals surface area contributed by atoms with Crippen molar-refractivity contribution < 1.29 is 13.9 Å². The van der Waals surface area contributed by atoms with Crippen molar-refractivity contribution in [2.45, 2.75) is 6.42 Å². The van der Waals surface area contributed by atoms with Crippen molar-refractivity contribution in [3.8, 4) is 5.75 Å². The Labute approximate surface area is 139 Å². The normalized spacial score (nSPS) is 10.2. The fourth-order valence-corrected chi connectivity index (χ4v) is 2.23. The molecule has 1 amide bonds. The number of carbonyl (C=O) groups is 1. The standard InChI is InChI=1S/C17H18ClFN2O2/c1-23-16-7-4-13(18)10-15(16)21-11-17(22)20-9-8-12-2-5-14(19)6-3-12/h2-7,10,21H,8-9,11H2,1H3,(H,20,22). The molecule has 6 heteroatoms. The second-order valence-corrected chi connectivity index (χ2v) is 5.36. The third kappa shape index (κ3) is 5.45. The van der Waals surface area contributed by atoms with Gasteiger partial charge in [-0.25, -0.2) is 4.39 Å². The Morgan fingerprint density at radius 1 is 1.22 bits per heavy atom. The fraction of sp³-hybridized carbons (Fsp3) is 0.235. The van der Waals surface area contributed by atoms with Gasteiger partial charge in [0, 0.05) is 11.6 Å². The maximum absolute atomic E-state index is 12.8. The molecule has 2 aromatic carbocycles. The van der Waals surface area contributed by atoms with Crippen molar-refractivity contribution in [2.75, 3.05) is 25.5 Å². The van der Waals surface area contributed by atoms with Gasteiger partial charge >= 0.3 is 0 Å². The topological polar surface area (TPSA) is 50.4 Å². The molecule has 2 rings (SSSR count). The Hall–Kier alpha value is -2.27. The van der Waals surface area contributed by atoms with Gasteiger partial charge in [-0.05, 0) is 42.3 Å². The van der Waals surface area contributed by atoms with E-state index >= 15 is 0 Å². The molecule has 0 saturated heterocycles. The highest BCUT2D eigenvalue weighted by molar-refractivity contribution is 6.30. The molecule has 0 saturated carbocycles. The van der Waals surface area contributed by atoms with Crippen LogP contribution >= 0.6 is 11.6 Å². The van der Waals surface area contributed by atoms with Crippen molar-refractivity contribution >= 4 is 23.2 Å². The average molecular weight is 337 g/mol. The molecule has 4 nitrogen and oxygen atoms in total. The van der Waals surface area contributed by atoms with E-state index in [4.69, 9.17) is 16.3 Å². The third-order valence-corrected chi connectivity index (χ3v) is 3.49. The Bertz CT molecular complexity index is 662. The Balaban J connectivity index is 1.77. The van der Waals surface area contributed by atoms with Crippen molar-refractivity contribution in [3.05, 3.63) is 58.9 Å². The summed E-state index contributed by atoms with van der Waals surface area (Å²) in [5.41, 5.74) is 1.63. The maximum atomic E-state index is 12.8. The first-order valence-electron chi connectivity index (χ1n) is 7.17. The smallest absolute Gasteiger partial charge is 0.239 e. The van der Waals surface area contributed by atoms with Crippen LogP contribution in [0.4, 0.5) is 10.1 Å². The van der Waals surface area contributed by atoms with Crippen molar-refractivity contribution in [2.24, 2.45) is 0 Å². The second-order valence-electron chi connectivity index (χ2n) is 4.92. The molecular weight excluding hydrogens is 319 g/mol. The van der Waals surface area contributed by atoms with Crippen LogP contribution in [-0.2, 0) is 11.2 Å². The number of anilines is 1. The van der Waals surface area contributed by atoms with E-state index in [9.17, 15) is 9.18 Å². The zero-order valence-electron chi connectivity index (χ0n) is 12.7. The van der Waals surface area contributed by atoms with E-state index < -0.39 is 0 Å². The van der Waals surface area contributed by atoms with Crippen LogP contribution in [0.2, 0.25) is 5.02 Å². The second kappa shape index (κ2) is 8.39. The van der Waals surface area contributed by atoms with Gasteiger partial charge < -0.3 is 15.4 Å². The summed E-state index contributed by atoms with van der Waals surface area (Å²) in [5, 5.41) is 6.35. The summed E-state index contributed by atoms with van der Waals surface area (Å²) >= 11 is 5.93. The largest absolute Gasteiger partial charge is 0.495 e. The summed E-state index contributed by atoms with van der Waals surface area (Å²) in [4.78, 5) is 11.8. The lowest BCUT2D eigenvalue weighted by Crippen LogP contribution is -2.31. The van der Waals surface area contributed by atoms with Gasteiger partial charge in [0.2, 0.25) is 5.91 Å². The molecular formula is C17H18ClFN2O2. The minimum atomic E-state index is -0.266. The van der Waals surface area contributed by atoms with Crippen LogP contribution in [0, 0.1) is 5.82 Å². The average Bonchev–Trinajstić information content (AvgIpc) is 2.55. The van der Waals surface area contributed by atoms with Crippen LogP contribution in [0.15, 0.2) is 42.5 Å². The number of nitrogens with one attached hydrogen (secondary N) is 2. The van der Waals surface area contributed by atoms with Gasteiger partial charge in [0.15, 0.2) is 0 Å². The zero-order chi connectivity index (χ0) is 16.7. The Morgan fingerprint density at radius 2 is 1.96 bits per heavy atom. The van der Waals surface area contributed by atoms with Crippen LogP contribution in [0.3, 0.4) is 0 Å². The first-order chi connectivity index (χ1) is 11.1. The van der Waals surface area contributed by atoms with Gasteiger partial charge in [0.25, 0.3) is 0 Å². The van der Waals surface area contributed by atoms with Gasteiger partial charge in [-0.2, -0.15) is 0 Å². The lowest BCUT2D eigenvalue weighted by Gasteiger charge is -2.11. The number of amides is 1. The fourth-order valence-electron chi connectivity index (χ4n) is 2.05. The van der Waals surface area contributed by atoms with Crippen LogP contribution < -0.4 is 15.4 Å². The predicted octanol–water partition coefficient (Wildman–Crippen LogP) is 3.26. The van der Waals surface area contributed by atoms with E-state index in [0.717, 1.165) is 5.56 Å². The van der Waals surface area contributed by atoms with Crippen LogP contribution in [0.1, 0.15) is 5.56 Å². The molecule has 2 N–H and O–H groups in total. The lowest BCUT2D eigenvalue weighted by atomic mass is 10.1. The molecule has 0 spiro atoms. The first kappa shape index (κ1) is 17.1. The van der Waals surface area contributed by atoms with Crippen LogP contribution in [-0.4, -0.2) is 26.1 Å². The van der Waals surface area contributed by atoms with Crippen LogP contribution in [0.25, 0.3) is 0 Å². The van der Waals surface area contributed by atoms with E-state index in [1.54, 1.807) is 37.4 Å². The molecule has 0 fully saturated rings. The molecule has 23 heavy (non-hydrogen) atoms. The molecule has 0 bridgehead atoms. The minimum Gasteiger partial charge on any atom is -0.495 e. The SMILES string of the molecule is COc1ccc(Cl)cc1NCC(=O)NCCc1ccc(F)cc1. The number of rotatable bonds is 7. The predicted molar refractivity (Wildman–Crippen MR) is 89.6 cm³/mol. The van der Waals surface area contributed by atoms with E-state index in [0.29, 0.717) is 29.4 Å². The van der Waals surface area contributed by atoms with Gasteiger partial charge in [-0.1, -0.05) is 23.7 Å². The first-order valence-corrected chi connectivity index (χ1v) is 7.55. The number of carbonyl (C=O) groups excluding carboxylic acids is 1. The molecule has 0 radical (unpaired) electrons. The molecule has 0 aliphatic carbocycles. The summed E-state index contributed by atoms with van der Waals surface area (Å²) < 4.78 is 18.0. The van der Waals surface area contributed by atoms with Gasteiger partial charge in [0.1, 0.15) is 11.6 Å². The number of halogens is 2. The molecule has 0 aromatic heterocycles. The zero-order valence-corrected chi connectivity index (χ0v) is 13.5. The van der Waals surface area contributed by atoms with Crippen LogP contribution in [0.5, 0.6) is 5.75 Å². The van der Waals surface area contributed by atoms with Crippen molar-refractivity contribution in [1.29, 1.82) is 0 Å². The number of methoxy groups -OCH3 is 1. The highest BCUT2D eigenvalue weighted by Gasteiger charge is 2.06. The molecule has 0 aliphatic heterocycles. The quantitative estimate of drug-likeness (QED) is 0.816. The molecule has 0 unspecified atom stereocenters. The van der Waals surface area contributed by atoms with Crippen molar-refractivity contribution in [3.63, 3.8) is 0 Å². The number of ether oxygens (including phenoxy) is 1. The third-order valence-electron chi connectivity index (χ3n) is 3.25. The Morgan fingerprint density at radius 3 is 2.65 bits per heavy atom. The lowest BCUT2D eigenvalue weighted by molar-refractivity contribution is -0.119. The minimum absolute atomic E-state index is 0.111. The maximum Gasteiger partial charge on any atom is 0.239 e. The number of benzene rings is 2. The molecule has 0 aliphatic rings.